The van der Waals surface area contributed by atoms with Gasteiger partial charge in [0.2, 0.25) is 5.91 Å². The molecule has 0 unspecified atom stereocenters. The molecule has 1 aliphatic rings. The number of anilines is 1. The van der Waals surface area contributed by atoms with E-state index in [1.165, 1.54) is 5.56 Å². The first-order chi connectivity index (χ1) is 12.1. The SMILES string of the molecule is C[C@@H](Nc1ccc(CCN2CCOCC2)cc1)C(=O)N(C)CCC#N. The highest BCUT2D eigenvalue weighted by Gasteiger charge is 2.17. The normalized spacial score (nSPS) is 16.0. The Bertz CT molecular complexity index is 576. The largest absolute Gasteiger partial charge is 0.379 e. The Balaban J connectivity index is 1.78. The number of morpholine rings is 1. The van der Waals surface area contributed by atoms with Gasteiger partial charge in [-0.2, -0.15) is 5.26 Å². The molecule has 1 heterocycles. The van der Waals surface area contributed by atoms with Crippen LogP contribution in [-0.4, -0.2) is 68.2 Å². The highest BCUT2D eigenvalue weighted by molar-refractivity contribution is 5.84. The smallest absolute Gasteiger partial charge is 0.244 e. The number of hydrogen-bond donors (Lipinski definition) is 1. The number of rotatable bonds is 8. The standard InChI is InChI=1S/C19H28N4O2/c1-16(19(24)22(2)10-3-9-20)21-18-6-4-17(5-7-18)8-11-23-12-14-25-15-13-23/h4-7,16,21H,3,8,10-15H2,1-2H3/t16-/m1/s1. The Labute approximate surface area is 150 Å². The molecule has 0 spiro atoms. The third-order valence-electron chi connectivity index (χ3n) is 4.46. The summed E-state index contributed by atoms with van der Waals surface area (Å²) in [5, 5.41) is 11.8. The first-order valence-electron chi connectivity index (χ1n) is 8.87. The van der Waals surface area contributed by atoms with Crippen LogP contribution in [0, 0.1) is 11.3 Å². The fourth-order valence-corrected chi connectivity index (χ4v) is 2.85. The lowest BCUT2D eigenvalue weighted by atomic mass is 10.1. The Morgan fingerprint density at radius 2 is 2.04 bits per heavy atom. The van der Waals surface area contributed by atoms with Crippen LogP contribution in [0.2, 0.25) is 0 Å². The van der Waals surface area contributed by atoms with Crippen molar-refractivity contribution in [2.75, 3.05) is 51.8 Å². The third-order valence-corrected chi connectivity index (χ3v) is 4.46. The minimum atomic E-state index is -0.317. The van der Waals surface area contributed by atoms with Gasteiger partial charge in [-0.05, 0) is 31.0 Å². The lowest BCUT2D eigenvalue weighted by Gasteiger charge is -2.26. The van der Waals surface area contributed by atoms with Gasteiger partial charge in [0.05, 0.1) is 25.7 Å². The number of nitriles is 1. The highest BCUT2D eigenvalue weighted by Crippen LogP contribution is 2.13. The molecule has 1 aromatic carbocycles. The maximum Gasteiger partial charge on any atom is 0.244 e. The first-order valence-corrected chi connectivity index (χ1v) is 8.87. The zero-order chi connectivity index (χ0) is 18.1. The van der Waals surface area contributed by atoms with Gasteiger partial charge in [-0.15, -0.1) is 0 Å². The van der Waals surface area contributed by atoms with Crippen LogP contribution < -0.4 is 5.32 Å². The summed E-state index contributed by atoms with van der Waals surface area (Å²) in [6.07, 6.45) is 1.37. The molecule has 1 amide bonds. The van der Waals surface area contributed by atoms with E-state index in [9.17, 15) is 4.79 Å². The average Bonchev–Trinajstić information content (AvgIpc) is 2.65. The third kappa shape index (κ3) is 6.37. The van der Waals surface area contributed by atoms with Gasteiger partial charge in [0.1, 0.15) is 6.04 Å². The lowest BCUT2D eigenvalue weighted by Crippen LogP contribution is -2.39. The molecule has 6 heteroatoms. The molecule has 6 nitrogen and oxygen atoms in total. The lowest BCUT2D eigenvalue weighted by molar-refractivity contribution is -0.130. The summed E-state index contributed by atoms with van der Waals surface area (Å²) in [7, 11) is 1.73. The van der Waals surface area contributed by atoms with Gasteiger partial charge in [0.15, 0.2) is 0 Å². The summed E-state index contributed by atoms with van der Waals surface area (Å²) >= 11 is 0. The molecule has 136 valence electrons. The number of ether oxygens (including phenoxy) is 1. The molecule has 1 fully saturated rings. The number of nitrogens with zero attached hydrogens (tertiary/aromatic N) is 3. The number of carbonyl (C=O) groups excluding carboxylic acids is 1. The summed E-state index contributed by atoms with van der Waals surface area (Å²) in [5.41, 5.74) is 2.23. The predicted molar refractivity (Wildman–Crippen MR) is 98.4 cm³/mol. The second-order valence-corrected chi connectivity index (χ2v) is 6.43. The molecule has 25 heavy (non-hydrogen) atoms. The number of nitrogens with one attached hydrogen (secondary N) is 1. The number of benzene rings is 1. The van der Waals surface area contributed by atoms with Crippen molar-refractivity contribution in [3.63, 3.8) is 0 Å². The number of carbonyl (C=O) groups is 1. The Hall–Kier alpha value is -2.10. The van der Waals surface area contributed by atoms with Gasteiger partial charge < -0.3 is 15.0 Å². The molecule has 1 aromatic rings. The van der Waals surface area contributed by atoms with E-state index >= 15 is 0 Å². The van der Waals surface area contributed by atoms with Crippen LogP contribution in [-0.2, 0) is 16.0 Å². The van der Waals surface area contributed by atoms with Crippen molar-refractivity contribution in [1.29, 1.82) is 5.26 Å². The maximum atomic E-state index is 12.2. The van der Waals surface area contributed by atoms with E-state index in [4.69, 9.17) is 10.00 Å². The van der Waals surface area contributed by atoms with Crippen molar-refractivity contribution in [3.05, 3.63) is 29.8 Å². The van der Waals surface area contributed by atoms with Gasteiger partial charge in [-0.25, -0.2) is 0 Å². The van der Waals surface area contributed by atoms with Crippen LogP contribution in [0.3, 0.4) is 0 Å². The van der Waals surface area contributed by atoms with Crippen LogP contribution >= 0.6 is 0 Å². The molecule has 1 atom stereocenters. The zero-order valence-electron chi connectivity index (χ0n) is 15.2. The van der Waals surface area contributed by atoms with Crippen molar-refractivity contribution < 1.29 is 9.53 Å². The monoisotopic (exact) mass is 344 g/mol. The van der Waals surface area contributed by atoms with Crippen LogP contribution in [0.25, 0.3) is 0 Å². The first kappa shape index (κ1) is 19.2. The van der Waals surface area contributed by atoms with Crippen molar-refractivity contribution in [1.82, 2.24) is 9.80 Å². The molecule has 1 N–H and O–H groups in total. The second-order valence-electron chi connectivity index (χ2n) is 6.43. The molecular weight excluding hydrogens is 316 g/mol. The van der Waals surface area contributed by atoms with E-state index in [0.717, 1.165) is 45.0 Å². The van der Waals surface area contributed by atoms with E-state index in [2.05, 4.69) is 28.4 Å². The fraction of sp³-hybridized carbons (Fsp3) is 0.579. The summed E-state index contributed by atoms with van der Waals surface area (Å²) < 4.78 is 5.37. The van der Waals surface area contributed by atoms with Gasteiger partial charge in [0.25, 0.3) is 0 Å². The molecule has 0 aromatic heterocycles. The number of hydrogen-bond acceptors (Lipinski definition) is 5. The summed E-state index contributed by atoms with van der Waals surface area (Å²) in [5.74, 6) is -0.00774. The van der Waals surface area contributed by atoms with Crippen LogP contribution in [0.1, 0.15) is 18.9 Å². The van der Waals surface area contributed by atoms with E-state index in [1.807, 2.05) is 19.1 Å². The van der Waals surface area contributed by atoms with Crippen LogP contribution in [0.15, 0.2) is 24.3 Å². The second kappa shape index (κ2) is 10.0. The fourth-order valence-electron chi connectivity index (χ4n) is 2.85. The van der Waals surface area contributed by atoms with E-state index in [-0.39, 0.29) is 11.9 Å². The summed E-state index contributed by atoms with van der Waals surface area (Å²) in [6, 6.07) is 10.0. The van der Waals surface area contributed by atoms with Crippen LogP contribution in [0.4, 0.5) is 5.69 Å². The number of likely N-dealkylation sites (N-methyl/N-ethyl adjacent to an activating group) is 1. The quantitative estimate of drug-likeness (QED) is 0.778. The topological polar surface area (TPSA) is 68.6 Å². The zero-order valence-corrected chi connectivity index (χ0v) is 15.2. The van der Waals surface area contributed by atoms with Crippen LogP contribution in [0.5, 0.6) is 0 Å². The van der Waals surface area contributed by atoms with Gasteiger partial charge in [-0.3, -0.25) is 9.69 Å². The predicted octanol–water partition coefficient (Wildman–Crippen LogP) is 1.73. The Kier molecular flexibility index (Phi) is 7.71. The van der Waals surface area contributed by atoms with Crippen molar-refractivity contribution in [2.24, 2.45) is 0 Å². The van der Waals surface area contributed by atoms with Crippen molar-refractivity contribution in [3.8, 4) is 6.07 Å². The maximum absolute atomic E-state index is 12.2. The van der Waals surface area contributed by atoms with Crippen molar-refractivity contribution in [2.45, 2.75) is 25.8 Å². The molecule has 0 saturated carbocycles. The summed E-state index contributed by atoms with van der Waals surface area (Å²) in [4.78, 5) is 16.3. The van der Waals surface area contributed by atoms with E-state index in [1.54, 1.807) is 11.9 Å². The van der Waals surface area contributed by atoms with E-state index in [0.29, 0.717) is 13.0 Å². The molecule has 0 radical (unpaired) electrons. The van der Waals surface area contributed by atoms with Gasteiger partial charge in [0, 0.05) is 38.9 Å². The highest BCUT2D eigenvalue weighted by atomic mass is 16.5. The van der Waals surface area contributed by atoms with Gasteiger partial charge in [-0.1, -0.05) is 12.1 Å². The molecule has 0 bridgehead atoms. The molecule has 1 aliphatic heterocycles. The molecule has 0 aliphatic carbocycles. The molecular formula is C19H28N4O2. The van der Waals surface area contributed by atoms with E-state index < -0.39 is 0 Å². The molecule has 1 saturated heterocycles. The summed E-state index contributed by atoms with van der Waals surface area (Å²) in [6.45, 7) is 7.04. The Morgan fingerprint density at radius 3 is 2.68 bits per heavy atom. The minimum absolute atomic E-state index is 0.00774. The van der Waals surface area contributed by atoms with Crippen molar-refractivity contribution >= 4 is 11.6 Å². The molecule has 2 rings (SSSR count). The Morgan fingerprint density at radius 1 is 1.36 bits per heavy atom. The minimum Gasteiger partial charge on any atom is -0.379 e. The average molecular weight is 344 g/mol. The van der Waals surface area contributed by atoms with Gasteiger partial charge >= 0.3 is 0 Å². The number of amides is 1.